The van der Waals surface area contributed by atoms with Crippen LogP contribution in [-0.4, -0.2) is 25.9 Å². The monoisotopic (exact) mass is 262 g/mol. The zero-order chi connectivity index (χ0) is 14.0. The SMILES string of the molecule is CCn1nc(C)c(N)c1C(=O)Nc1ccc(=O)[nH]n1. The van der Waals surface area contributed by atoms with Crippen LogP contribution in [0, 0.1) is 6.92 Å². The van der Waals surface area contributed by atoms with Gasteiger partial charge < -0.3 is 11.1 Å². The van der Waals surface area contributed by atoms with Crippen LogP contribution < -0.4 is 16.6 Å². The van der Waals surface area contributed by atoms with E-state index in [9.17, 15) is 9.59 Å². The third-order valence-corrected chi connectivity index (χ3v) is 2.61. The molecule has 1 amide bonds. The van der Waals surface area contributed by atoms with Gasteiger partial charge in [0.05, 0.1) is 11.4 Å². The molecule has 0 aliphatic heterocycles. The van der Waals surface area contributed by atoms with Gasteiger partial charge in [0.25, 0.3) is 11.5 Å². The molecule has 8 heteroatoms. The Morgan fingerprint density at radius 3 is 2.84 bits per heavy atom. The van der Waals surface area contributed by atoms with E-state index in [1.807, 2.05) is 6.92 Å². The predicted molar refractivity (Wildman–Crippen MR) is 69.9 cm³/mol. The highest BCUT2D eigenvalue weighted by atomic mass is 16.2. The smallest absolute Gasteiger partial charge is 0.277 e. The summed E-state index contributed by atoms with van der Waals surface area (Å²) < 4.78 is 1.52. The number of carbonyl (C=O) groups excluding carboxylic acids is 1. The summed E-state index contributed by atoms with van der Waals surface area (Å²) in [6.45, 7) is 4.12. The number of nitrogens with two attached hydrogens (primary N) is 1. The minimum Gasteiger partial charge on any atom is -0.395 e. The Bertz CT molecular complexity index is 652. The van der Waals surface area contributed by atoms with E-state index >= 15 is 0 Å². The number of hydrogen-bond donors (Lipinski definition) is 3. The van der Waals surface area contributed by atoms with Crippen molar-refractivity contribution in [3.63, 3.8) is 0 Å². The number of hydrogen-bond acceptors (Lipinski definition) is 5. The number of aromatic amines is 1. The molecule has 0 atom stereocenters. The fraction of sp³-hybridized carbons (Fsp3) is 0.273. The van der Waals surface area contributed by atoms with Crippen molar-refractivity contribution >= 4 is 17.4 Å². The van der Waals surface area contributed by atoms with Gasteiger partial charge in [-0.15, -0.1) is 0 Å². The number of anilines is 2. The number of H-pyrrole nitrogens is 1. The van der Waals surface area contributed by atoms with Gasteiger partial charge in [-0.2, -0.15) is 10.2 Å². The number of aryl methyl sites for hydroxylation is 2. The van der Waals surface area contributed by atoms with Gasteiger partial charge in [-0.1, -0.05) is 0 Å². The van der Waals surface area contributed by atoms with E-state index in [1.54, 1.807) is 6.92 Å². The summed E-state index contributed by atoms with van der Waals surface area (Å²) in [4.78, 5) is 23.0. The summed E-state index contributed by atoms with van der Waals surface area (Å²) in [7, 11) is 0. The fourth-order valence-corrected chi connectivity index (χ4v) is 1.65. The zero-order valence-corrected chi connectivity index (χ0v) is 10.6. The molecule has 0 spiro atoms. The van der Waals surface area contributed by atoms with Gasteiger partial charge in [-0.25, -0.2) is 5.10 Å². The van der Waals surface area contributed by atoms with E-state index in [1.165, 1.54) is 16.8 Å². The van der Waals surface area contributed by atoms with Crippen LogP contribution in [0.5, 0.6) is 0 Å². The van der Waals surface area contributed by atoms with E-state index in [2.05, 4.69) is 20.6 Å². The molecule has 19 heavy (non-hydrogen) atoms. The highest BCUT2D eigenvalue weighted by molar-refractivity contribution is 6.06. The standard InChI is InChI=1S/C11H14N6O2/c1-3-17-10(9(12)6(2)16-17)11(19)13-7-4-5-8(18)15-14-7/h4-5H,3,12H2,1-2H3,(H,15,18)(H,13,14,19). The second-order valence-corrected chi connectivity index (χ2v) is 3.92. The number of nitrogens with one attached hydrogen (secondary N) is 2. The average Bonchev–Trinajstić information content (AvgIpc) is 2.68. The maximum absolute atomic E-state index is 12.1. The molecular formula is C11H14N6O2. The van der Waals surface area contributed by atoms with Crippen molar-refractivity contribution in [2.45, 2.75) is 20.4 Å². The molecule has 0 aliphatic rings. The zero-order valence-electron chi connectivity index (χ0n) is 10.6. The van der Waals surface area contributed by atoms with Crippen LogP contribution in [0.15, 0.2) is 16.9 Å². The van der Waals surface area contributed by atoms with Crippen molar-refractivity contribution in [1.82, 2.24) is 20.0 Å². The molecule has 0 unspecified atom stereocenters. The van der Waals surface area contributed by atoms with Crippen molar-refractivity contribution in [2.75, 3.05) is 11.1 Å². The van der Waals surface area contributed by atoms with Crippen molar-refractivity contribution in [3.8, 4) is 0 Å². The first kappa shape index (κ1) is 12.8. The molecule has 0 aliphatic carbocycles. The maximum atomic E-state index is 12.1. The highest BCUT2D eigenvalue weighted by Gasteiger charge is 2.19. The molecule has 2 rings (SSSR count). The minimum atomic E-state index is -0.417. The number of rotatable bonds is 3. The third-order valence-electron chi connectivity index (χ3n) is 2.61. The summed E-state index contributed by atoms with van der Waals surface area (Å²) in [5, 5.41) is 12.6. The third kappa shape index (κ3) is 2.46. The number of nitrogens with zero attached hydrogens (tertiary/aromatic N) is 3. The van der Waals surface area contributed by atoms with Crippen LogP contribution >= 0.6 is 0 Å². The van der Waals surface area contributed by atoms with E-state index in [0.29, 0.717) is 17.9 Å². The summed E-state index contributed by atoms with van der Waals surface area (Å²) in [5.74, 6) is -0.176. The summed E-state index contributed by atoms with van der Waals surface area (Å²) >= 11 is 0. The summed E-state index contributed by atoms with van der Waals surface area (Å²) in [6, 6.07) is 2.68. The van der Waals surface area contributed by atoms with Crippen LogP contribution in [-0.2, 0) is 6.54 Å². The Morgan fingerprint density at radius 1 is 1.53 bits per heavy atom. The van der Waals surface area contributed by atoms with Crippen LogP contribution in [0.2, 0.25) is 0 Å². The maximum Gasteiger partial charge on any atom is 0.277 e. The number of aromatic nitrogens is 4. The normalized spacial score (nSPS) is 10.4. The lowest BCUT2D eigenvalue weighted by atomic mass is 10.3. The highest BCUT2D eigenvalue weighted by Crippen LogP contribution is 2.17. The Labute approximate surface area is 108 Å². The molecule has 4 N–H and O–H groups in total. The second kappa shape index (κ2) is 4.92. The van der Waals surface area contributed by atoms with Crippen LogP contribution in [0.4, 0.5) is 11.5 Å². The van der Waals surface area contributed by atoms with Crippen molar-refractivity contribution < 1.29 is 4.79 Å². The molecule has 2 aromatic heterocycles. The lowest BCUT2D eigenvalue weighted by Crippen LogP contribution is -2.20. The first-order valence-corrected chi connectivity index (χ1v) is 5.73. The van der Waals surface area contributed by atoms with Gasteiger partial charge >= 0.3 is 0 Å². The van der Waals surface area contributed by atoms with Gasteiger partial charge in [-0.3, -0.25) is 14.3 Å². The van der Waals surface area contributed by atoms with Gasteiger partial charge in [0.1, 0.15) is 5.69 Å². The molecule has 0 saturated heterocycles. The van der Waals surface area contributed by atoms with E-state index in [0.717, 1.165) is 0 Å². The van der Waals surface area contributed by atoms with Crippen LogP contribution in [0.1, 0.15) is 23.1 Å². The Balaban J connectivity index is 2.29. The molecule has 0 bridgehead atoms. The molecule has 2 aromatic rings. The first-order valence-electron chi connectivity index (χ1n) is 5.73. The first-order chi connectivity index (χ1) is 9.02. The predicted octanol–water partition coefficient (Wildman–Crippen LogP) is 0.129. The molecule has 0 aromatic carbocycles. The van der Waals surface area contributed by atoms with Crippen LogP contribution in [0.3, 0.4) is 0 Å². The van der Waals surface area contributed by atoms with E-state index < -0.39 is 5.91 Å². The molecular weight excluding hydrogens is 248 g/mol. The largest absolute Gasteiger partial charge is 0.395 e. The topological polar surface area (TPSA) is 119 Å². The van der Waals surface area contributed by atoms with Crippen molar-refractivity contribution in [2.24, 2.45) is 0 Å². The van der Waals surface area contributed by atoms with E-state index in [-0.39, 0.29) is 17.1 Å². The molecule has 0 radical (unpaired) electrons. The summed E-state index contributed by atoms with van der Waals surface area (Å²) in [5.41, 5.74) is 6.72. The number of carbonyl (C=O) groups is 1. The second-order valence-electron chi connectivity index (χ2n) is 3.92. The molecule has 2 heterocycles. The lowest BCUT2D eigenvalue weighted by molar-refractivity contribution is 0.101. The quantitative estimate of drug-likeness (QED) is 0.726. The Hall–Kier alpha value is -2.64. The fourth-order valence-electron chi connectivity index (χ4n) is 1.65. The van der Waals surface area contributed by atoms with Gasteiger partial charge in [0.15, 0.2) is 5.82 Å². The Kier molecular flexibility index (Phi) is 3.32. The Morgan fingerprint density at radius 2 is 2.26 bits per heavy atom. The molecule has 0 fully saturated rings. The molecule has 100 valence electrons. The number of nitrogen functional groups attached to an aromatic ring is 1. The minimum absolute atomic E-state index is 0.241. The summed E-state index contributed by atoms with van der Waals surface area (Å²) in [6.07, 6.45) is 0. The van der Waals surface area contributed by atoms with Gasteiger partial charge in [0.2, 0.25) is 0 Å². The van der Waals surface area contributed by atoms with Gasteiger partial charge in [-0.05, 0) is 19.9 Å². The molecule has 0 saturated carbocycles. The van der Waals surface area contributed by atoms with Crippen LogP contribution in [0.25, 0.3) is 0 Å². The average molecular weight is 262 g/mol. The van der Waals surface area contributed by atoms with Gasteiger partial charge in [0, 0.05) is 12.6 Å². The lowest BCUT2D eigenvalue weighted by Gasteiger charge is -2.06. The van der Waals surface area contributed by atoms with E-state index in [4.69, 9.17) is 5.73 Å². The number of amides is 1. The van der Waals surface area contributed by atoms with Crippen molar-refractivity contribution in [3.05, 3.63) is 33.9 Å². The van der Waals surface area contributed by atoms with Crippen molar-refractivity contribution in [1.29, 1.82) is 0 Å². The molecule has 8 nitrogen and oxygen atoms in total.